The third-order valence-corrected chi connectivity index (χ3v) is 2.44. The molecule has 0 atom stereocenters. The van der Waals surface area contributed by atoms with Crippen LogP contribution in [0, 0.1) is 5.82 Å². The summed E-state index contributed by atoms with van der Waals surface area (Å²) in [6.07, 6.45) is 0. The van der Waals surface area contributed by atoms with Gasteiger partial charge in [0, 0.05) is 6.07 Å². The van der Waals surface area contributed by atoms with E-state index in [1.807, 2.05) is 0 Å². The molecule has 0 amide bonds. The fraction of sp³-hybridized carbons (Fsp3) is 0.100. The summed E-state index contributed by atoms with van der Waals surface area (Å²) in [5.74, 6) is -1.50. The molecule has 0 aliphatic heterocycles. The van der Waals surface area contributed by atoms with Gasteiger partial charge in [-0.05, 0) is 6.07 Å². The topological polar surface area (TPSA) is 81.5 Å². The molecular formula is C10H8ClFN2O3. The van der Waals surface area contributed by atoms with Crippen LogP contribution in [0.4, 0.5) is 10.2 Å². The van der Waals surface area contributed by atoms with Crippen LogP contribution in [0.5, 0.6) is 11.5 Å². The Balaban J connectivity index is 2.69. The minimum absolute atomic E-state index is 0.145. The maximum Gasteiger partial charge on any atom is 0.208 e. The maximum absolute atomic E-state index is 13.7. The van der Waals surface area contributed by atoms with Crippen LogP contribution in [0.25, 0.3) is 11.3 Å². The van der Waals surface area contributed by atoms with Crippen LogP contribution in [-0.4, -0.2) is 17.4 Å². The second kappa shape index (κ2) is 4.14. The molecule has 2 rings (SSSR count). The van der Waals surface area contributed by atoms with Crippen molar-refractivity contribution in [3.63, 3.8) is 0 Å². The number of aromatic hydroxyl groups is 1. The molecule has 5 nitrogen and oxygen atoms in total. The molecule has 1 heterocycles. The van der Waals surface area contributed by atoms with Crippen LogP contribution in [0.15, 0.2) is 16.7 Å². The highest BCUT2D eigenvalue weighted by molar-refractivity contribution is 6.32. The van der Waals surface area contributed by atoms with Gasteiger partial charge in [0.1, 0.15) is 0 Å². The highest BCUT2D eigenvalue weighted by atomic mass is 35.5. The van der Waals surface area contributed by atoms with Gasteiger partial charge in [0.25, 0.3) is 0 Å². The van der Waals surface area contributed by atoms with Crippen molar-refractivity contribution in [2.24, 2.45) is 0 Å². The van der Waals surface area contributed by atoms with Crippen LogP contribution < -0.4 is 10.5 Å². The van der Waals surface area contributed by atoms with Crippen molar-refractivity contribution in [3.8, 4) is 22.8 Å². The number of nitrogens with two attached hydrogens (primary N) is 1. The van der Waals surface area contributed by atoms with Gasteiger partial charge in [-0.15, -0.1) is 0 Å². The van der Waals surface area contributed by atoms with Crippen LogP contribution in [0.3, 0.4) is 0 Å². The second-order valence-corrected chi connectivity index (χ2v) is 3.63. The molecule has 0 unspecified atom stereocenters. The zero-order chi connectivity index (χ0) is 12.6. The van der Waals surface area contributed by atoms with Gasteiger partial charge in [0.15, 0.2) is 23.1 Å². The lowest BCUT2D eigenvalue weighted by Crippen LogP contribution is -1.93. The molecule has 2 aromatic rings. The van der Waals surface area contributed by atoms with Gasteiger partial charge in [-0.1, -0.05) is 16.8 Å². The van der Waals surface area contributed by atoms with Crippen LogP contribution in [0.1, 0.15) is 0 Å². The Kier molecular flexibility index (Phi) is 2.81. The lowest BCUT2D eigenvalue weighted by Gasteiger charge is -2.09. The van der Waals surface area contributed by atoms with Gasteiger partial charge in [-0.3, -0.25) is 0 Å². The van der Waals surface area contributed by atoms with E-state index in [0.29, 0.717) is 0 Å². The van der Waals surface area contributed by atoms with E-state index in [9.17, 15) is 9.50 Å². The molecule has 7 heteroatoms. The summed E-state index contributed by atoms with van der Waals surface area (Å²) >= 11 is 5.67. The highest BCUT2D eigenvalue weighted by Gasteiger charge is 2.21. The Labute approximate surface area is 101 Å². The number of phenols is 1. The lowest BCUT2D eigenvalue weighted by atomic mass is 10.1. The van der Waals surface area contributed by atoms with Gasteiger partial charge in [-0.25, -0.2) is 0 Å². The maximum atomic E-state index is 13.7. The molecule has 90 valence electrons. The largest absolute Gasteiger partial charge is 0.504 e. The van der Waals surface area contributed by atoms with E-state index in [2.05, 4.69) is 5.16 Å². The summed E-state index contributed by atoms with van der Waals surface area (Å²) in [7, 11) is 1.26. The van der Waals surface area contributed by atoms with E-state index in [0.717, 1.165) is 0 Å². The van der Waals surface area contributed by atoms with Gasteiger partial charge >= 0.3 is 0 Å². The van der Waals surface area contributed by atoms with Crippen molar-refractivity contribution >= 4 is 17.4 Å². The number of nitrogen functional groups attached to an aromatic ring is 1. The molecule has 1 aromatic heterocycles. The minimum Gasteiger partial charge on any atom is -0.504 e. The quantitative estimate of drug-likeness (QED) is 0.865. The number of methoxy groups -OCH3 is 1. The van der Waals surface area contributed by atoms with Gasteiger partial charge < -0.3 is 20.1 Å². The number of halogens is 2. The van der Waals surface area contributed by atoms with Crippen LogP contribution in [-0.2, 0) is 0 Å². The SMILES string of the molecule is COc1c(-c2cc(N)no2)cc(Cl)c(O)c1F. The van der Waals surface area contributed by atoms with Crippen molar-refractivity contribution in [2.45, 2.75) is 0 Å². The summed E-state index contributed by atoms with van der Waals surface area (Å²) in [6, 6.07) is 2.70. The summed E-state index contributed by atoms with van der Waals surface area (Å²) < 4.78 is 23.4. The van der Waals surface area contributed by atoms with Crippen molar-refractivity contribution in [2.75, 3.05) is 12.8 Å². The summed E-state index contributed by atoms with van der Waals surface area (Å²) in [5, 5.41) is 12.6. The third-order valence-electron chi connectivity index (χ3n) is 2.15. The van der Waals surface area contributed by atoms with Crippen molar-refractivity contribution in [1.29, 1.82) is 0 Å². The standard InChI is InChI=1S/C10H8ClFN2O3/c1-16-10-4(6-3-7(13)14-17-6)2-5(11)9(15)8(10)12/h2-3,15H,1H3,(H2,13,14). The van der Waals surface area contributed by atoms with Crippen molar-refractivity contribution in [3.05, 3.63) is 23.0 Å². The first-order chi connectivity index (χ1) is 8.04. The number of aromatic nitrogens is 1. The zero-order valence-electron chi connectivity index (χ0n) is 8.70. The van der Waals surface area contributed by atoms with Crippen LogP contribution >= 0.6 is 11.6 Å². The number of anilines is 1. The summed E-state index contributed by atoms with van der Waals surface area (Å²) in [5.41, 5.74) is 5.61. The zero-order valence-corrected chi connectivity index (χ0v) is 9.45. The minimum atomic E-state index is -0.968. The van der Waals surface area contributed by atoms with E-state index in [1.54, 1.807) is 0 Å². The molecule has 1 aromatic carbocycles. The first-order valence-electron chi connectivity index (χ1n) is 4.52. The fourth-order valence-corrected chi connectivity index (χ4v) is 1.58. The number of nitrogens with zero attached hydrogens (tertiary/aromatic N) is 1. The number of hydrogen-bond donors (Lipinski definition) is 2. The van der Waals surface area contributed by atoms with Crippen LogP contribution in [0.2, 0.25) is 5.02 Å². The van der Waals surface area contributed by atoms with Crippen molar-refractivity contribution in [1.82, 2.24) is 5.16 Å². The van der Waals surface area contributed by atoms with Gasteiger partial charge in [0.2, 0.25) is 5.82 Å². The second-order valence-electron chi connectivity index (χ2n) is 3.22. The van der Waals surface area contributed by atoms with E-state index in [1.165, 1.54) is 19.2 Å². The average molecular weight is 259 g/mol. The molecule has 0 spiro atoms. The van der Waals surface area contributed by atoms with Crippen molar-refractivity contribution < 1.29 is 18.8 Å². The number of phenolic OH excluding ortho intramolecular Hbond substituents is 1. The fourth-order valence-electron chi connectivity index (χ4n) is 1.39. The average Bonchev–Trinajstić information content (AvgIpc) is 2.72. The van der Waals surface area contributed by atoms with E-state index in [4.69, 9.17) is 26.6 Å². The lowest BCUT2D eigenvalue weighted by molar-refractivity contribution is 0.363. The molecule has 0 saturated carbocycles. The molecule has 0 radical (unpaired) electrons. The number of rotatable bonds is 2. The number of benzene rings is 1. The Morgan fingerprint density at radius 2 is 2.24 bits per heavy atom. The first-order valence-corrected chi connectivity index (χ1v) is 4.90. The number of hydrogen-bond acceptors (Lipinski definition) is 5. The molecule has 0 aliphatic rings. The smallest absolute Gasteiger partial charge is 0.208 e. The Morgan fingerprint density at radius 3 is 2.76 bits per heavy atom. The molecule has 0 fully saturated rings. The summed E-state index contributed by atoms with van der Waals surface area (Å²) in [4.78, 5) is 0. The highest BCUT2D eigenvalue weighted by Crippen LogP contribution is 2.41. The normalized spacial score (nSPS) is 10.5. The Bertz CT molecular complexity index is 571. The predicted molar refractivity (Wildman–Crippen MR) is 59.5 cm³/mol. The van der Waals surface area contributed by atoms with E-state index >= 15 is 0 Å². The number of ether oxygens (including phenoxy) is 1. The molecule has 3 N–H and O–H groups in total. The monoisotopic (exact) mass is 258 g/mol. The van der Waals surface area contributed by atoms with Gasteiger partial charge in [-0.2, -0.15) is 4.39 Å². The Hall–Kier alpha value is -1.95. The molecule has 0 saturated heterocycles. The first kappa shape index (κ1) is 11.5. The van der Waals surface area contributed by atoms with Gasteiger partial charge in [0.05, 0.1) is 17.7 Å². The molecule has 0 bridgehead atoms. The third kappa shape index (κ3) is 1.87. The molecule has 17 heavy (non-hydrogen) atoms. The van der Waals surface area contributed by atoms with E-state index < -0.39 is 11.6 Å². The van der Waals surface area contributed by atoms with E-state index in [-0.39, 0.29) is 27.9 Å². The Morgan fingerprint density at radius 1 is 1.53 bits per heavy atom. The molecular weight excluding hydrogens is 251 g/mol. The predicted octanol–water partition coefficient (Wildman–Crippen LogP) is 2.43. The molecule has 0 aliphatic carbocycles. The summed E-state index contributed by atoms with van der Waals surface area (Å²) in [6.45, 7) is 0.